The summed E-state index contributed by atoms with van der Waals surface area (Å²) in [7, 11) is 0. The fraction of sp³-hybridized carbons (Fsp3) is 0.400. The molecule has 0 saturated carbocycles. The van der Waals surface area contributed by atoms with Gasteiger partial charge in [0.05, 0.1) is 6.04 Å². The number of nitrogens with one attached hydrogen (secondary N) is 1. The Kier molecular flexibility index (Phi) is 3.69. The minimum atomic E-state index is -0.174. The van der Waals surface area contributed by atoms with E-state index in [1.165, 1.54) is 23.1 Å². The third-order valence-electron chi connectivity index (χ3n) is 3.83. The second kappa shape index (κ2) is 5.63. The summed E-state index contributed by atoms with van der Waals surface area (Å²) in [5, 5.41) is 3.38. The third kappa shape index (κ3) is 2.67. The summed E-state index contributed by atoms with van der Waals surface area (Å²) >= 11 is 0. The zero-order valence-corrected chi connectivity index (χ0v) is 11.1. The van der Waals surface area contributed by atoms with Crippen molar-refractivity contribution in [3.05, 3.63) is 58.3 Å². The number of hydrogen-bond donors (Lipinski definition) is 1. The molecule has 1 aromatic carbocycles. The Morgan fingerprint density at radius 2 is 2.20 bits per heavy atom. The van der Waals surface area contributed by atoms with Crippen LogP contribution in [0.1, 0.15) is 24.4 Å². The fourth-order valence-electron chi connectivity index (χ4n) is 2.83. The highest BCUT2D eigenvalue weighted by molar-refractivity contribution is 5.18. The van der Waals surface area contributed by atoms with E-state index < -0.39 is 0 Å². The van der Waals surface area contributed by atoms with Crippen molar-refractivity contribution < 1.29 is 8.91 Å². The lowest BCUT2D eigenvalue weighted by Gasteiger charge is -2.29. The summed E-state index contributed by atoms with van der Waals surface area (Å²) < 4.78 is 20.3. The van der Waals surface area contributed by atoms with Gasteiger partial charge in [-0.2, -0.15) is 4.74 Å². The number of nitrogens with zero attached hydrogens (tertiary/aromatic N) is 1. The summed E-state index contributed by atoms with van der Waals surface area (Å²) in [5.41, 5.74) is 0.596. The molecule has 106 valence electrons. The maximum atomic E-state index is 13.7. The molecular formula is C15H17FN2O2. The van der Waals surface area contributed by atoms with Crippen LogP contribution in [0.4, 0.5) is 4.39 Å². The van der Waals surface area contributed by atoms with E-state index in [2.05, 4.69) is 5.32 Å². The average Bonchev–Trinajstić information content (AvgIpc) is 2.88. The Balaban J connectivity index is 1.71. The van der Waals surface area contributed by atoms with Crippen LogP contribution in [0.25, 0.3) is 0 Å². The second-order valence-corrected chi connectivity index (χ2v) is 5.20. The van der Waals surface area contributed by atoms with Gasteiger partial charge in [-0.3, -0.25) is 4.79 Å². The van der Waals surface area contributed by atoms with Gasteiger partial charge in [0, 0.05) is 12.1 Å². The molecule has 0 radical (unpaired) electrons. The zero-order valence-electron chi connectivity index (χ0n) is 11.1. The van der Waals surface area contributed by atoms with Crippen LogP contribution < -0.4 is 10.9 Å². The van der Waals surface area contributed by atoms with Crippen LogP contribution in [0.15, 0.2) is 45.9 Å². The summed E-state index contributed by atoms with van der Waals surface area (Å²) in [6, 6.07) is 8.45. The maximum Gasteiger partial charge on any atom is 0.282 e. The van der Waals surface area contributed by atoms with Gasteiger partial charge in [0.2, 0.25) is 0 Å². The van der Waals surface area contributed by atoms with Crippen LogP contribution in [0.5, 0.6) is 0 Å². The van der Waals surface area contributed by atoms with Crippen molar-refractivity contribution in [1.82, 2.24) is 10.1 Å². The molecule has 20 heavy (non-hydrogen) atoms. The highest BCUT2D eigenvalue weighted by Crippen LogP contribution is 2.23. The van der Waals surface area contributed by atoms with Crippen molar-refractivity contribution in [1.29, 1.82) is 0 Å². The van der Waals surface area contributed by atoms with E-state index >= 15 is 0 Å². The minimum absolute atomic E-state index is 0.0514. The monoisotopic (exact) mass is 276 g/mol. The number of benzene rings is 1. The summed E-state index contributed by atoms with van der Waals surface area (Å²) in [6.07, 6.45) is 3.65. The molecule has 1 aromatic heterocycles. The number of halogens is 1. The second-order valence-electron chi connectivity index (χ2n) is 5.20. The van der Waals surface area contributed by atoms with Crippen LogP contribution in [-0.2, 0) is 6.42 Å². The van der Waals surface area contributed by atoms with E-state index in [1.54, 1.807) is 12.1 Å². The van der Waals surface area contributed by atoms with Crippen molar-refractivity contribution in [2.24, 2.45) is 0 Å². The smallest absolute Gasteiger partial charge is 0.282 e. The molecule has 1 aliphatic rings. The normalized spacial score (nSPS) is 22.9. The lowest BCUT2D eigenvalue weighted by Crippen LogP contribution is -2.41. The minimum Gasteiger partial charge on any atom is -0.384 e. The number of piperidine rings is 1. The predicted molar refractivity (Wildman–Crippen MR) is 73.1 cm³/mol. The molecule has 0 spiro atoms. The topological polar surface area (TPSA) is 47.2 Å². The molecule has 2 atom stereocenters. The Labute approximate surface area is 116 Å². The number of aromatic nitrogens is 1. The van der Waals surface area contributed by atoms with Gasteiger partial charge in [0.1, 0.15) is 12.1 Å². The quantitative estimate of drug-likeness (QED) is 0.934. The highest BCUT2D eigenvalue weighted by atomic mass is 19.1. The van der Waals surface area contributed by atoms with E-state index in [1.807, 2.05) is 6.07 Å². The van der Waals surface area contributed by atoms with Gasteiger partial charge in [-0.1, -0.05) is 18.2 Å². The van der Waals surface area contributed by atoms with E-state index in [0.717, 1.165) is 19.4 Å². The van der Waals surface area contributed by atoms with Crippen LogP contribution >= 0.6 is 0 Å². The van der Waals surface area contributed by atoms with Gasteiger partial charge in [-0.15, -0.1) is 0 Å². The number of hydrogen-bond acceptors (Lipinski definition) is 3. The SMILES string of the molecule is O=c1ccon1[C@H]1CCN[C@@H](Cc2ccccc2F)C1. The molecule has 1 N–H and O–H groups in total. The zero-order chi connectivity index (χ0) is 13.9. The first-order valence-electron chi connectivity index (χ1n) is 6.87. The Bertz CT molecular complexity index is 635. The molecule has 0 bridgehead atoms. The molecule has 5 heteroatoms. The first-order chi connectivity index (χ1) is 9.74. The molecule has 0 amide bonds. The van der Waals surface area contributed by atoms with Gasteiger partial charge < -0.3 is 9.84 Å². The maximum absolute atomic E-state index is 13.7. The molecule has 3 rings (SSSR count). The van der Waals surface area contributed by atoms with E-state index in [0.29, 0.717) is 12.0 Å². The van der Waals surface area contributed by atoms with Crippen LogP contribution in [0.3, 0.4) is 0 Å². The summed E-state index contributed by atoms with van der Waals surface area (Å²) in [5.74, 6) is -0.174. The van der Waals surface area contributed by atoms with E-state index in [4.69, 9.17) is 4.52 Å². The molecule has 0 aliphatic carbocycles. The van der Waals surface area contributed by atoms with Crippen molar-refractivity contribution in [2.45, 2.75) is 31.3 Å². The highest BCUT2D eigenvalue weighted by Gasteiger charge is 2.25. The molecule has 2 heterocycles. The first kappa shape index (κ1) is 13.1. The fourth-order valence-corrected chi connectivity index (χ4v) is 2.83. The molecule has 1 fully saturated rings. The lowest BCUT2D eigenvalue weighted by atomic mass is 9.94. The van der Waals surface area contributed by atoms with Gasteiger partial charge in [0.15, 0.2) is 0 Å². The number of rotatable bonds is 3. The molecule has 1 saturated heterocycles. The molecule has 1 aliphatic heterocycles. The van der Waals surface area contributed by atoms with Crippen LogP contribution in [0.2, 0.25) is 0 Å². The van der Waals surface area contributed by atoms with Crippen LogP contribution in [-0.4, -0.2) is 17.3 Å². The third-order valence-corrected chi connectivity index (χ3v) is 3.83. The van der Waals surface area contributed by atoms with E-state index in [-0.39, 0.29) is 23.5 Å². The molecule has 2 aromatic rings. The average molecular weight is 276 g/mol. The van der Waals surface area contributed by atoms with Crippen LogP contribution in [0, 0.1) is 5.82 Å². The largest absolute Gasteiger partial charge is 0.384 e. The van der Waals surface area contributed by atoms with Gasteiger partial charge in [0.25, 0.3) is 5.56 Å². The van der Waals surface area contributed by atoms with Crippen molar-refractivity contribution >= 4 is 0 Å². The predicted octanol–water partition coefficient (Wildman–Crippen LogP) is 2.12. The lowest BCUT2D eigenvalue weighted by molar-refractivity contribution is 0.160. The van der Waals surface area contributed by atoms with Crippen molar-refractivity contribution in [2.75, 3.05) is 6.54 Å². The summed E-state index contributed by atoms with van der Waals surface area (Å²) in [6.45, 7) is 0.803. The Hall–Kier alpha value is -1.88. The Morgan fingerprint density at radius 3 is 2.95 bits per heavy atom. The van der Waals surface area contributed by atoms with Crippen molar-refractivity contribution in [3.63, 3.8) is 0 Å². The van der Waals surface area contributed by atoms with E-state index in [9.17, 15) is 9.18 Å². The molecule has 0 unspecified atom stereocenters. The first-order valence-corrected chi connectivity index (χ1v) is 6.87. The Morgan fingerprint density at radius 1 is 1.35 bits per heavy atom. The summed E-state index contributed by atoms with van der Waals surface area (Å²) in [4.78, 5) is 11.6. The standard InChI is InChI=1S/C15H17FN2O2/c16-14-4-2-1-3-11(14)9-12-10-13(5-7-17-12)18-15(19)6-8-20-18/h1-4,6,8,12-13,17H,5,7,9-10H2/t12-,13-/m0/s1. The molecular weight excluding hydrogens is 259 g/mol. The van der Waals surface area contributed by atoms with Gasteiger partial charge >= 0.3 is 0 Å². The van der Waals surface area contributed by atoms with Crippen molar-refractivity contribution in [3.8, 4) is 0 Å². The van der Waals surface area contributed by atoms with Gasteiger partial charge in [-0.25, -0.2) is 4.39 Å². The van der Waals surface area contributed by atoms with Gasteiger partial charge in [-0.05, 0) is 37.4 Å². The molecule has 4 nitrogen and oxygen atoms in total.